The van der Waals surface area contributed by atoms with Crippen molar-refractivity contribution in [2.24, 2.45) is 11.8 Å². The molecule has 1 heterocycles. The van der Waals surface area contributed by atoms with Gasteiger partial charge in [-0.25, -0.2) is 9.59 Å². The number of aliphatic hydroxyl groups is 1. The first-order valence-corrected chi connectivity index (χ1v) is 20.8. The van der Waals surface area contributed by atoms with E-state index in [0.717, 1.165) is 11.1 Å². The third kappa shape index (κ3) is 13.1. The number of esters is 1. The van der Waals surface area contributed by atoms with E-state index in [1.165, 1.54) is 19.1 Å². The maximum absolute atomic E-state index is 14.6. The summed E-state index contributed by atoms with van der Waals surface area (Å²) >= 11 is 0. The van der Waals surface area contributed by atoms with Gasteiger partial charge in [-0.15, -0.1) is 0 Å². The number of amides is 3. The van der Waals surface area contributed by atoms with Crippen LogP contribution in [0.5, 0.6) is 11.5 Å². The number of carbonyl (C=O) groups excluding carboxylic acids is 6. The van der Waals surface area contributed by atoms with E-state index in [1.54, 1.807) is 70.2 Å². The van der Waals surface area contributed by atoms with Crippen molar-refractivity contribution in [2.45, 2.75) is 98.3 Å². The highest BCUT2D eigenvalue weighted by molar-refractivity contribution is 6.01. The molecule has 14 nitrogen and oxygen atoms in total. The molecular formula is C47H61N3O11. The minimum absolute atomic E-state index is 0.0280. The second kappa shape index (κ2) is 21.7. The zero-order valence-electron chi connectivity index (χ0n) is 36.8. The van der Waals surface area contributed by atoms with Crippen molar-refractivity contribution >= 4 is 35.4 Å². The van der Waals surface area contributed by atoms with Crippen LogP contribution in [-0.2, 0) is 35.1 Å². The molecule has 0 unspecified atom stereocenters. The van der Waals surface area contributed by atoms with Gasteiger partial charge >= 0.3 is 12.1 Å². The number of hydrogen-bond donors (Lipinski definition) is 3. The minimum Gasteiger partial charge on any atom is -0.493 e. The van der Waals surface area contributed by atoms with E-state index in [9.17, 15) is 33.9 Å². The average molecular weight is 844 g/mol. The average Bonchev–Trinajstić information content (AvgIpc) is 3.20. The number of nitrogens with zero attached hydrogens (tertiary/aromatic N) is 1. The number of aryl methyl sites for hydroxylation is 2. The smallest absolute Gasteiger partial charge is 0.407 e. The number of methoxy groups -OCH3 is 1. The van der Waals surface area contributed by atoms with Crippen LogP contribution in [0.1, 0.15) is 99.0 Å². The molecule has 14 heteroatoms. The van der Waals surface area contributed by atoms with Crippen LogP contribution < -0.4 is 20.1 Å². The fourth-order valence-electron chi connectivity index (χ4n) is 7.30. The van der Waals surface area contributed by atoms with Crippen LogP contribution in [0.2, 0.25) is 0 Å². The normalized spacial score (nSPS) is 17.2. The molecular weight excluding hydrogens is 783 g/mol. The third-order valence-corrected chi connectivity index (χ3v) is 10.3. The number of aliphatic hydroxyl groups excluding tert-OH is 1. The number of carbonyl (C=O) groups is 6. The van der Waals surface area contributed by atoms with Gasteiger partial charge in [-0.1, -0.05) is 49.7 Å². The van der Waals surface area contributed by atoms with Gasteiger partial charge in [0, 0.05) is 61.4 Å². The fourth-order valence-corrected chi connectivity index (χ4v) is 7.30. The van der Waals surface area contributed by atoms with E-state index >= 15 is 0 Å². The Labute approximate surface area is 358 Å². The lowest BCUT2D eigenvalue weighted by Gasteiger charge is -2.32. The van der Waals surface area contributed by atoms with Crippen molar-refractivity contribution in [1.29, 1.82) is 0 Å². The molecule has 330 valence electrons. The molecule has 1 aliphatic heterocycles. The van der Waals surface area contributed by atoms with Crippen LogP contribution in [0, 0.1) is 25.7 Å². The number of nitrogens with one attached hydrogen (secondary N) is 2. The lowest BCUT2D eigenvalue weighted by molar-refractivity contribution is -0.146. The Balaban J connectivity index is 1.86. The van der Waals surface area contributed by atoms with Crippen LogP contribution in [0.4, 0.5) is 4.79 Å². The summed E-state index contributed by atoms with van der Waals surface area (Å²) in [6.07, 6.45) is -0.406. The number of likely N-dealkylation sites (N-methyl/N-ethyl adjacent to an activating group) is 1. The highest BCUT2D eigenvalue weighted by Gasteiger charge is 2.36. The molecule has 3 N–H and O–H groups in total. The van der Waals surface area contributed by atoms with Crippen LogP contribution >= 0.6 is 0 Å². The number of ketones is 2. The summed E-state index contributed by atoms with van der Waals surface area (Å²) in [6.45, 7) is 12.7. The molecule has 0 saturated carbocycles. The monoisotopic (exact) mass is 843 g/mol. The van der Waals surface area contributed by atoms with Crippen LogP contribution in [-0.4, -0.2) is 97.6 Å². The summed E-state index contributed by atoms with van der Waals surface area (Å²) in [6, 6.07) is 13.5. The quantitative estimate of drug-likeness (QED) is 0.0893. The van der Waals surface area contributed by atoms with Gasteiger partial charge in [0.1, 0.15) is 35.8 Å². The summed E-state index contributed by atoms with van der Waals surface area (Å²) in [5.74, 6) is -3.57. The maximum Gasteiger partial charge on any atom is 0.407 e. The first-order valence-electron chi connectivity index (χ1n) is 20.8. The summed E-state index contributed by atoms with van der Waals surface area (Å²) in [5, 5.41) is 15.5. The fraction of sp³-hybridized carbons (Fsp3) is 0.489. The SMILES string of the molecule is CCCOc1ccc2cc1-c1cc(ccc1OCCNC(=O)OC(C)(C)C)C[C@@H](C(=O)OC)NC(=O)[C@H](C)CC(=O)[C@H]2N(C)C(=O)[C@H](CCO)CC(=O)c1ccc(C)cc1C. The number of fused-ring (bicyclic) bond motifs is 5. The zero-order valence-corrected chi connectivity index (χ0v) is 36.8. The highest BCUT2D eigenvalue weighted by atomic mass is 16.6. The lowest BCUT2D eigenvalue weighted by atomic mass is 9.88. The molecule has 4 rings (SSSR count). The van der Waals surface area contributed by atoms with E-state index < -0.39 is 59.2 Å². The summed E-state index contributed by atoms with van der Waals surface area (Å²) < 4.78 is 22.9. The summed E-state index contributed by atoms with van der Waals surface area (Å²) in [4.78, 5) is 83.1. The van der Waals surface area contributed by atoms with Gasteiger partial charge in [0.15, 0.2) is 11.6 Å². The number of ether oxygens (including phenoxy) is 4. The van der Waals surface area contributed by atoms with Crippen LogP contribution in [0.25, 0.3) is 11.1 Å². The molecule has 1 aliphatic rings. The van der Waals surface area contributed by atoms with Gasteiger partial charge in [0.25, 0.3) is 0 Å². The van der Waals surface area contributed by atoms with E-state index in [1.807, 2.05) is 32.9 Å². The molecule has 0 radical (unpaired) electrons. The molecule has 0 fully saturated rings. The van der Waals surface area contributed by atoms with E-state index in [2.05, 4.69) is 10.6 Å². The van der Waals surface area contributed by atoms with Crippen molar-refractivity contribution in [1.82, 2.24) is 15.5 Å². The summed E-state index contributed by atoms with van der Waals surface area (Å²) in [7, 11) is 2.70. The molecule has 3 amide bonds. The lowest BCUT2D eigenvalue weighted by Crippen LogP contribution is -2.46. The van der Waals surface area contributed by atoms with Gasteiger partial charge in [-0.05, 0) is 88.4 Å². The molecule has 3 aromatic carbocycles. The molecule has 0 saturated heterocycles. The second-order valence-electron chi connectivity index (χ2n) is 16.6. The first kappa shape index (κ1) is 47.9. The number of Topliss-reactive ketones (excluding diaryl/α,β-unsaturated/α-hetero) is 2. The number of alkyl carbamates (subject to hydrolysis) is 1. The van der Waals surface area contributed by atoms with Crippen molar-refractivity contribution in [2.75, 3.05) is 40.5 Å². The zero-order chi connectivity index (χ0) is 45.0. The van der Waals surface area contributed by atoms with Crippen molar-refractivity contribution in [3.05, 3.63) is 82.4 Å². The van der Waals surface area contributed by atoms with Crippen molar-refractivity contribution in [3.63, 3.8) is 0 Å². The molecule has 0 spiro atoms. The maximum atomic E-state index is 14.6. The topological polar surface area (TPSA) is 187 Å². The molecule has 4 bridgehead atoms. The standard InChI is InChI=1S/C47H61N3O11/c1-10-20-59-41-16-13-32-26-36(41)35-24-31(12-15-40(35)60-21-18-48-46(57)61-47(5,6)7)25-37(45(56)58-9)49-43(54)30(4)23-39(53)42(32)50(8)44(55)33(17-19-51)27-38(52)34-14-11-28(2)22-29(34)3/h11-16,22,24,26,30,33,37,42,51H,10,17-21,23,25,27H2,1-9H3,(H,48,57)(H,49,54)/t30-,33-,37+,42+/m1/s1. The molecule has 4 atom stereocenters. The Kier molecular flexibility index (Phi) is 17.0. The van der Waals surface area contributed by atoms with E-state index in [0.29, 0.717) is 52.3 Å². The van der Waals surface area contributed by atoms with Gasteiger partial charge < -0.3 is 39.6 Å². The molecule has 3 aromatic rings. The number of hydrogen-bond acceptors (Lipinski definition) is 11. The van der Waals surface area contributed by atoms with Crippen molar-refractivity contribution in [3.8, 4) is 22.6 Å². The van der Waals surface area contributed by atoms with Gasteiger partial charge in [-0.3, -0.25) is 19.2 Å². The van der Waals surface area contributed by atoms with Gasteiger partial charge in [-0.2, -0.15) is 0 Å². The Morgan fingerprint density at radius 2 is 1.61 bits per heavy atom. The van der Waals surface area contributed by atoms with Gasteiger partial charge in [0.2, 0.25) is 11.8 Å². The predicted molar refractivity (Wildman–Crippen MR) is 229 cm³/mol. The number of benzene rings is 3. The first-order chi connectivity index (χ1) is 28.9. The van der Waals surface area contributed by atoms with E-state index in [-0.39, 0.29) is 51.2 Å². The Morgan fingerprint density at radius 3 is 2.25 bits per heavy atom. The van der Waals surface area contributed by atoms with E-state index in [4.69, 9.17) is 18.9 Å². The van der Waals surface area contributed by atoms with Crippen molar-refractivity contribution < 1.29 is 52.8 Å². The van der Waals surface area contributed by atoms with Gasteiger partial charge in [0.05, 0.1) is 20.3 Å². The minimum atomic E-state index is -1.25. The Hall–Kier alpha value is -5.76. The number of rotatable bonds is 15. The summed E-state index contributed by atoms with van der Waals surface area (Å²) in [5.41, 5.74) is 3.60. The highest BCUT2D eigenvalue weighted by Crippen LogP contribution is 2.41. The van der Waals surface area contributed by atoms with Crippen LogP contribution in [0.15, 0.2) is 54.6 Å². The third-order valence-electron chi connectivity index (χ3n) is 10.3. The Bertz CT molecular complexity index is 2070. The molecule has 0 aromatic heterocycles. The predicted octanol–water partition coefficient (Wildman–Crippen LogP) is 6.24. The largest absolute Gasteiger partial charge is 0.493 e. The van der Waals surface area contributed by atoms with Crippen LogP contribution in [0.3, 0.4) is 0 Å². The second-order valence-corrected chi connectivity index (χ2v) is 16.6. The molecule has 0 aliphatic carbocycles. The Morgan fingerprint density at radius 1 is 0.934 bits per heavy atom. The molecule has 61 heavy (non-hydrogen) atoms.